The zero-order valence-electron chi connectivity index (χ0n) is 9.81. The first-order chi connectivity index (χ1) is 8.97. The van der Waals surface area contributed by atoms with E-state index in [-0.39, 0.29) is 12.2 Å². The number of aryl methyl sites for hydroxylation is 1. The Hall–Kier alpha value is -2.51. The van der Waals surface area contributed by atoms with Gasteiger partial charge in [-0.3, -0.25) is 10.1 Å². The van der Waals surface area contributed by atoms with Crippen LogP contribution >= 0.6 is 0 Å². The van der Waals surface area contributed by atoms with E-state index in [1.165, 1.54) is 0 Å². The molecule has 0 aliphatic carbocycles. The molecule has 0 fully saturated rings. The third kappa shape index (κ3) is 2.84. The Morgan fingerprint density at radius 3 is 2.74 bits per heavy atom. The summed E-state index contributed by atoms with van der Waals surface area (Å²) in [4.78, 5) is 9.83. The Morgan fingerprint density at radius 1 is 1.42 bits per heavy atom. The lowest BCUT2D eigenvalue weighted by molar-refractivity contribution is -0.386. The first kappa shape index (κ1) is 12.9. The van der Waals surface area contributed by atoms with Crippen LogP contribution in [0.2, 0.25) is 0 Å². The highest BCUT2D eigenvalue weighted by molar-refractivity contribution is 5.62. The first-order valence-electron chi connectivity index (χ1n) is 5.27. The molecule has 19 heavy (non-hydrogen) atoms. The van der Waals surface area contributed by atoms with Crippen molar-refractivity contribution in [2.45, 2.75) is 13.5 Å². The van der Waals surface area contributed by atoms with E-state index in [1.807, 2.05) is 0 Å². The molecule has 0 saturated heterocycles. The van der Waals surface area contributed by atoms with Crippen molar-refractivity contribution in [2.75, 3.05) is 5.32 Å². The Balaban J connectivity index is 2.26. The molecule has 0 aliphatic rings. The normalized spacial score (nSPS) is 10.5. The van der Waals surface area contributed by atoms with Crippen molar-refractivity contribution in [2.24, 2.45) is 0 Å². The van der Waals surface area contributed by atoms with E-state index in [0.29, 0.717) is 17.5 Å². The average Bonchev–Trinajstić information content (AvgIpc) is 2.71. The summed E-state index contributed by atoms with van der Waals surface area (Å²) in [5.74, 6) is -1.57. The lowest BCUT2D eigenvalue weighted by Crippen LogP contribution is -2.05. The molecule has 0 bridgehead atoms. The summed E-state index contributed by atoms with van der Waals surface area (Å²) < 4.78 is 31.2. The Bertz CT molecular complexity index is 628. The monoisotopic (exact) mass is 269 g/mol. The third-order valence-corrected chi connectivity index (χ3v) is 2.35. The van der Waals surface area contributed by atoms with Crippen LogP contribution < -0.4 is 5.32 Å². The standard InChI is InChI=1S/C11H9F2N3O3/c1-6-2-8(15-19-6)5-14-10-4-7(12)3-9(13)11(10)16(17)18/h2-4,14H,5H2,1H3. The van der Waals surface area contributed by atoms with E-state index in [4.69, 9.17) is 4.52 Å². The number of nitro benzene ring substituents is 1. The minimum atomic E-state index is -1.23. The fourth-order valence-corrected chi connectivity index (χ4v) is 1.57. The van der Waals surface area contributed by atoms with E-state index < -0.39 is 22.2 Å². The Labute approximate surface area is 106 Å². The number of benzene rings is 1. The van der Waals surface area contributed by atoms with Crippen molar-refractivity contribution in [3.8, 4) is 0 Å². The van der Waals surface area contributed by atoms with Crippen molar-refractivity contribution in [1.29, 1.82) is 0 Å². The molecule has 1 aromatic heterocycles. The van der Waals surface area contributed by atoms with Gasteiger partial charge in [-0.2, -0.15) is 4.39 Å². The van der Waals surface area contributed by atoms with Gasteiger partial charge in [-0.15, -0.1) is 0 Å². The van der Waals surface area contributed by atoms with Crippen LogP contribution in [-0.2, 0) is 6.54 Å². The van der Waals surface area contributed by atoms with Crippen LogP contribution in [0.1, 0.15) is 11.5 Å². The second kappa shape index (κ2) is 5.01. The molecule has 2 rings (SSSR count). The number of anilines is 1. The number of hydrogen-bond acceptors (Lipinski definition) is 5. The number of hydrogen-bond donors (Lipinski definition) is 1. The number of halogens is 2. The van der Waals surface area contributed by atoms with E-state index >= 15 is 0 Å². The van der Waals surface area contributed by atoms with Crippen LogP contribution in [0, 0.1) is 28.7 Å². The minimum absolute atomic E-state index is 0.0566. The second-order valence-corrected chi connectivity index (χ2v) is 3.82. The third-order valence-electron chi connectivity index (χ3n) is 2.35. The van der Waals surface area contributed by atoms with Gasteiger partial charge in [0.1, 0.15) is 23.0 Å². The summed E-state index contributed by atoms with van der Waals surface area (Å²) in [6.45, 7) is 1.74. The zero-order chi connectivity index (χ0) is 14.0. The molecule has 0 unspecified atom stereocenters. The van der Waals surface area contributed by atoms with Gasteiger partial charge in [-0.25, -0.2) is 4.39 Å². The summed E-state index contributed by atoms with van der Waals surface area (Å²) in [7, 11) is 0. The number of rotatable bonds is 4. The highest BCUT2D eigenvalue weighted by atomic mass is 19.1. The average molecular weight is 269 g/mol. The molecule has 8 heteroatoms. The first-order valence-corrected chi connectivity index (χ1v) is 5.27. The predicted octanol–water partition coefficient (Wildman–Crippen LogP) is 2.78. The Kier molecular flexibility index (Phi) is 3.41. The molecular weight excluding hydrogens is 260 g/mol. The van der Waals surface area contributed by atoms with Crippen LogP contribution in [0.5, 0.6) is 0 Å². The van der Waals surface area contributed by atoms with E-state index in [2.05, 4.69) is 10.5 Å². The fraction of sp³-hybridized carbons (Fsp3) is 0.182. The van der Waals surface area contributed by atoms with Crippen LogP contribution in [0.3, 0.4) is 0 Å². The molecule has 0 atom stereocenters. The van der Waals surface area contributed by atoms with E-state index in [1.54, 1.807) is 13.0 Å². The highest BCUT2D eigenvalue weighted by Gasteiger charge is 2.22. The molecular formula is C11H9F2N3O3. The van der Waals surface area contributed by atoms with Gasteiger partial charge in [-0.05, 0) is 6.92 Å². The maximum atomic E-state index is 13.3. The molecule has 0 aliphatic heterocycles. The zero-order valence-corrected chi connectivity index (χ0v) is 9.81. The lowest BCUT2D eigenvalue weighted by Gasteiger charge is -2.06. The molecule has 0 spiro atoms. The second-order valence-electron chi connectivity index (χ2n) is 3.82. The van der Waals surface area contributed by atoms with Gasteiger partial charge in [0.15, 0.2) is 0 Å². The van der Waals surface area contributed by atoms with Gasteiger partial charge >= 0.3 is 5.69 Å². The fourth-order valence-electron chi connectivity index (χ4n) is 1.57. The summed E-state index contributed by atoms with van der Waals surface area (Å²) in [6.07, 6.45) is 0. The Morgan fingerprint density at radius 2 is 2.16 bits per heavy atom. The maximum Gasteiger partial charge on any atom is 0.327 e. The molecule has 1 aromatic carbocycles. The summed E-state index contributed by atoms with van der Waals surface area (Å²) in [5.41, 5.74) is -0.582. The smallest absolute Gasteiger partial charge is 0.327 e. The van der Waals surface area contributed by atoms with Crippen molar-refractivity contribution in [3.05, 3.63) is 51.4 Å². The largest absolute Gasteiger partial charge is 0.374 e. The van der Waals surface area contributed by atoms with Gasteiger partial charge in [0, 0.05) is 18.2 Å². The lowest BCUT2D eigenvalue weighted by atomic mass is 10.2. The van der Waals surface area contributed by atoms with Gasteiger partial charge in [0.05, 0.1) is 11.5 Å². The topological polar surface area (TPSA) is 81.2 Å². The van der Waals surface area contributed by atoms with Crippen LogP contribution in [0.4, 0.5) is 20.2 Å². The summed E-state index contributed by atoms with van der Waals surface area (Å²) in [6, 6.07) is 2.92. The van der Waals surface area contributed by atoms with Gasteiger partial charge in [-0.1, -0.05) is 5.16 Å². The number of nitro groups is 1. The van der Waals surface area contributed by atoms with Crippen LogP contribution in [0.15, 0.2) is 22.7 Å². The van der Waals surface area contributed by atoms with Crippen LogP contribution in [-0.4, -0.2) is 10.1 Å². The summed E-state index contributed by atoms with van der Waals surface area (Å²) in [5, 5.41) is 17.0. The van der Waals surface area contributed by atoms with Crippen LogP contribution in [0.25, 0.3) is 0 Å². The number of nitrogens with one attached hydrogen (secondary N) is 1. The van der Waals surface area contributed by atoms with Crippen molar-refractivity contribution in [3.63, 3.8) is 0 Å². The molecule has 0 saturated carbocycles. The van der Waals surface area contributed by atoms with Gasteiger partial charge in [0.25, 0.3) is 0 Å². The molecule has 1 heterocycles. The quantitative estimate of drug-likeness (QED) is 0.681. The predicted molar refractivity (Wildman–Crippen MR) is 61.6 cm³/mol. The van der Waals surface area contributed by atoms with E-state index in [9.17, 15) is 18.9 Å². The molecule has 1 N–H and O–H groups in total. The van der Waals surface area contributed by atoms with Gasteiger partial charge < -0.3 is 9.84 Å². The van der Waals surface area contributed by atoms with Crippen molar-refractivity contribution in [1.82, 2.24) is 5.16 Å². The molecule has 2 aromatic rings. The molecule has 0 amide bonds. The van der Waals surface area contributed by atoms with Crippen molar-refractivity contribution < 1.29 is 18.2 Å². The number of nitrogens with zero attached hydrogens (tertiary/aromatic N) is 2. The molecule has 0 radical (unpaired) electrons. The minimum Gasteiger partial charge on any atom is -0.374 e. The number of aromatic nitrogens is 1. The molecule has 6 nitrogen and oxygen atoms in total. The maximum absolute atomic E-state index is 13.3. The SMILES string of the molecule is Cc1cc(CNc2cc(F)cc(F)c2[N+](=O)[O-])no1. The van der Waals surface area contributed by atoms with E-state index in [0.717, 1.165) is 6.07 Å². The van der Waals surface area contributed by atoms with Gasteiger partial charge in [0.2, 0.25) is 5.82 Å². The van der Waals surface area contributed by atoms with Crippen molar-refractivity contribution >= 4 is 11.4 Å². The molecule has 100 valence electrons. The summed E-state index contributed by atoms with van der Waals surface area (Å²) >= 11 is 0. The highest BCUT2D eigenvalue weighted by Crippen LogP contribution is 2.29.